The van der Waals surface area contributed by atoms with Gasteiger partial charge in [-0.1, -0.05) is 13.3 Å². The van der Waals surface area contributed by atoms with Crippen molar-refractivity contribution in [2.75, 3.05) is 13.1 Å². The Kier molecular flexibility index (Phi) is 2.18. The Morgan fingerprint density at radius 3 is 2.42 bits per heavy atom. The molecule has 1 saturated heterocycles. The number of carbonyl (C=O) groups is 1. The number of carbonyl (C=O) groups excluding carboxylic acids is 1. The van der Waals surface area contributed by atoms with E-state index in [1.54, 1.807) is 0 Å². The summed E-state index contributed by atoms with van der Waals surface area (Å²) in [7, 11) is 0. The first kappa shape index (κ1) is 8.24. The van der Waals surface area contributed by atoms with Gasteiger partial charge in [0.2, 0.25) is 0 Å². The van der Waals surface area contributed by atoms with E-state index in [9.17, 15) is 4.79 Å². The topological polar surface area (TPSA) is 20.3 Å². The molecule has 2 atom stereocenters. The van der Waals surface area contributed by atoms with Gasteiger partial charge >= 0.3 is 0 Å². The minimum atomic E-state index is 0.322. The monoisotopic (exact) mass is 167 g/mol. The summed E-state index contributed by atoms with van der Waals surface area (Å²) in [5.74, 6) is 0.786. The molecule has 0 aromatic heterocycles. The van der Waals surface area contributed by atoms with Crippen LogP contribution < -0.4 is 0 Å². The van der Waals surface area contributed by atoms with Crippen molar-refractivity contribution in [2.24, 2.45) is 5.92 Å². The molecular weight excluding hydrogens is 150 g/mol. The van der Waals surface area contributed by atoms with E-state index in [0.717, 1.165) is 6.42 Å². The highest BCUT2D eigenvalue weighted by atomic mass is 16.1. The highest BCUT2D eigenvalue weighted by Gasteiger charge is 2.39. The number of likely N-dealkylation sites (tertiary alicyclic amines) is 1. The molecule has 2 nitrogen and oxygen atoms in total. The quantitative estimate of drug-likeness (QED) is 0.589. The summed E-state index contributed by atoms with van der Waals surface area (Å²) in [6.45, 7) is 4.52. The van der Waals surface area contributed by atoms with Crippen LogP contribution in [0.1, 0.15) is 32.6 Å². The van der Waals surface area contributed by atoms with Gasteiger partial charge in [0.05, 0.1) is 0 Å². The SMILES string of the molecule is CC1C(=O)CC1N1CCCCC1. The second kappa shape index (κ2) is 3.17. The van der Waals surface area contributed by atoms with Crippen molar-refractivity contribution < 1.29 is 4.79 Å². The van der Waals surface area contributed by atoms with Gasteiger partial charge in [-0.3, -0.25) is 9.69 Å². The van der Waals surface area contributed by atoms with Crippen LogP contribution in [0.15, 0.2) is 0 Å². The van der Waals surface area contributed by atoms with Gasteiger partial charge in [0.15, 0.2) is 0 Å². The summed E-state index contributed by atoms with van der Waals surface area (Å²) >= 11 is 0. The van der Waals surface area contributed by atoms with Gasteiger partial charge < -0.3 is 0 Å². The molecular formula is C10H17NO. The molecule has 0 spiro atoms. The van der Waals surface area contributed by atoms with E-state index in [4.69, 9.17) is 0 Å². The Morgan fingerprint density at radius 2 is 1.92 bits per heavy atom. The molecule has 0 amide bonds. The van der Waals surface area contributed by atoms with Crippen LogP contribution in [0.3, 0.4) is 0 Å². The zero-order valence-corrected chi connectivity index (χ0v) is 7.75. The molecule has 2 rings (SSSR count). The Labute approximate surface area is 73.9 Å². The van der Waals surface area contributed by atoms with E-state index in [2.05, 4.69) is 11.8 Å². The molecule has 2 unspecified atom stereocenters. The van der Waals surface area contributed by atoms with Crippen LogP contribution in [0.25, 0.3) is 0 Å². The van der Waals surface area contributed by atoms with E-state index in [0.29, 0.717) is 17.7 Å². The molecule has 12 heavy (non-hydrogen) atoms. The van der Waals surface area contributed by atoms with Crippen LogP contribution >= 0.6 is 0 Å². The van der Waals surface area contributed by atoms with Crippen LogP contribution in [0, 0.1) is 5.92 Å². The molecule has 1 aliphatic heterocycles. The Bertz CT molecular complexity index is 184. The second-order valence-electron chi connectivity index (χ2n) is 4.12. The van der Waals surface area contributed by atoms with Crippen LogP contribution in [-0.2, 0) is 4.79 Å². The van der Waals surface area contributed by atoms with Crippen molar-refractivity contribution in [3.8, 4) is 0 Å². The molecule has 2 aliphatic rings. The first-order valence-electron chi connectivity index (χ1n) is 5.06. The first-order valence-corrected chi connectivity index (χ1v) is 5.06. The molecule has 0 N–H and O–H groups in total. The highest BCUT2D eigenvalue weighted by molar-refractivity contribution is 5.88. The lowest BCUT2D eigenvalue weighted by Gasteiger charge is -2.43. The molecule has 68 valence electrons. The lowest BCUT2D eigenvalue weighted by Crippen LogP contribution is -2.53. The molecule has 2 heteroatoms. The first-order chi connectivity index (χ1) is 5.79. The summed E-state index contributed by atoms with van der Waals surface area (Å²) < 4.78 is 0. The van der Waals surface area contributed by atoms with Crippen LogP contribution in [0.4, 0.5) is 0 Å². The van der Waals surface area contributed by atoms with Crippen LogP contribution in [-0.4, -0.2) is 29.8 Å². The minimum Gasteiger partial charge on any atom is -0.299 e. The third-order valence-electron chi connectivity index (χ3n) is 3.36. The maximum absolute atomic E-state index is 11.1. The van der Waals surface area contributed by atoms with E-state index < -0.39 is 0 Å². The van der Waals surface area contributed by atoms with Gasteiger partial charge in [-0.25, -0.2) is 0 Å². The highest BCUT2D eigenvalue weighted by Crippen LogP contribution is 2.29. The predicted molar refractivity (Wildman–Crippen MR) is 48.0 cm³/mol. The van der Waals surface area contributed by atoms with Crippen LogP contribution in [0.2, 0.25) is 0 Å². The molecule has 1 heterocycles. The minimum absolute atomic E-state index is 0.322. The fraction of sp³-hybridized carbons (Fsp3) is 0.900. The Morgan fingerprint density at radius 1 is 1.25 bits per heavy atom. The maximum Gasteiger partial charge on any atom is 0.138 e. The average molecular weight is 167 g/mol. The van der Waals surface area contributed by atoms with Crippen molar-refractivity contribution in [2.45, 2.75) is 38.6 Å². The van der Waals surface area contributed by atoms with E-state index in [1.165, 1.54) is 32.4 Å². The summed E-state index contributed by atoms with van der Waals surface area (Å²) in [5, 5.41) is 0. The predicted octanol–water partition coefficient (Wildman–Crippen LogP) is 1.45. The van der Waals surface area contributed by atoms with Gasteiger partial charge in [-0.2, -0.15) is 0 Å². The van der Waals surface area contributed by atoms with Crippen molar-refractivity contribution in [1.29, 1.82) is 0 Å². The summed E-state index contributed by atoms with van der Waals surface area (Å²) in [6.07, 6.45) is 4.86. The zero-order valence-electron chi connectivity index (χ0n) is 7.75. The fourth-order valence-corrected chi connectivity index (χ4v) is 2.32. The number of Topliss-reactive ketones (excluding diaryl/α,β-unsaturated/α-hetero) is 1. The number of hydrogen-bond acceptors (Lipinski definition) is 2. The van der Waals surface area contributed by atoms with E-state index in [1.807, 2.05) is 0 Å². The number of ketones is 1. The van der Waals surface area contributed by atoms with E-state index in [-0.39, 0.29) is 0 Å². The normalized spacial score (nSPS) is 37.9. The second-order valence-corrected chi connectivity index (χ2v) is 4.12. The smallest absolute Gasteiger partial charge is 0.138 e. The molecule has 2 fully saturated rings. The van der Waals surface area contributed by atoms with Gasteiger partial charge in [-0.05, 0) is 25.9 Å². The third-order valence-corrected chi connectivity index (χ3v) is 3.36. The fourth-order valence-electron chi connectivity index (χ4n) is 2.32. The van der Waals surface area contributed by atoms with Crippen molar-refractivity contribution in [1.82, 2.24) is 4.90 Å². The Hall–Kier alpha value is -0.370. The molecule has 0 radical (unpaired) electrons. The van der Waals surface area contributed by atoms with Crippen LogP contribution in [0.5, 0.6) is 0 Å². The molecule has 1 aliphatic carbocycles. The molecule has 0 aromatic carbocycles. The molecule has 0 bridgehead atoms. The number of rotatable bonds is 1. The number of piperidine rings is 1. The molecule has 0 aromatic rings. The third kappa shape index (κ3) is 1.28. The zero-order chi connectivity index (χ0) is 8.55. The lowest BCUT2D eigenvalue weighted by molar-refractivity contribution is -0.135. The molecule has 1 saturated carbocycles. The van der Waals surface area contributed by atoms with Crippen molar-refractivity contribution in [3.05, 3.63) is 0 Å². The van der Waals surface area contributed by atoms with Gasteiger partial charge in [0.1, 0.15) is 5.78 Å². The standard InChI is InChI=1S/C10H17NO/c1-8-9(7-10(8)12)11-5-3-2-4-6-11/h8-9H,2-7H2,1H3. The number of hydrogen-bond donors (Lipinski definition) is 0. The van der Waals surface area contributed by atoms with Gasteiger partial charge in [0, 0.05) is 18.4 Å². The largest absolute Gasteiger partial charge is 0.299 e. The van der Waals surface area contributed by atoms with Gasteiger partial charge in [0.25, 0.3) is 0 Å². The Balaban J connectivity index is 1.88. The van der Waals surface area contributed by atoms with Crippen molar-refractivity contribution >= 4 is 5.78 Å². The average Bonchev–Trinajstić information content (AvgIpc) is 2.15. The summed E-state index contributed by atoms with van der Waals surface area (Å²) in [5.41, 5.74) is 0. The maximum atomic E-state index is 11.1. The lowest BCUT2D eigenvalue weighted by atomic mass is 9.78. The van der Waals surface area contributed by atoms with E-state index >= 15 is 0 Å². The van der Waals surface area contributed by atoms with Crippen molar-refractivity contribution in [3.63, 3.8) is 0 Å². The summed E-state index contributed by atoms with van der Waals surface area (Å²) in [4.78, 5) is 13.6. The number of nitrogens with zero attached hydrogens (tertiary/aromatic N) is 1. The van der Waals surface area contributed by atoms with Gasteiger partial charge in [-0.15, -0.1) is 0 Å². The summed E-state index contributed by atoms with van der Waals surface area (Å²) in [6, 6.07) is 0.595.